The van der Waals surface area contributed by atoms with Crippen molar-refractivity contribution in [1.29, 1.82) is 0 Å². The number of carbonyl (C=O) groups is 3. The number of nitrogens with two attached hydrogens (primary N) is 1. The zero-order valence-corrected chi connectivity index (χ0v) is 15.8. The number of aliphatic carboxylic acids is 1. The molecule has 1 aliphatic carbocycles. The minimum Gasteiger partial charge on any atom is -0.480 e. The van der Waals surface area contributed by atoms with Crippen LogP contribution in [0.3, 0.4) is 0 Å². The van der Waals surface area contributed by atoms with Crippen LogP contribution >= 0.6 is 0 Å². The Bertz CT molecular complexity index is 664. The van der Waals surface area contributed by atoms with Crippen molar-refractivity contribution in [1.82, 2.24) is 10.3 Å². The smallest absolute Gasteiger partial charge is 0.322 e. The van der Waals surface area contributed by atoms with Crippen molar-refractivity contribution in [2.24, 2.45) is 11.7 Å². The molecule has 1 unspecified atom stereocenters. The normalized spacial score (nSPS) is 16.0. The van der Waals surface area contributed by atoms with Gasteiger partial charge in [0.1, 0.15) is 12.3 Å². The molecule has 0 radical (unpaired) electrons. The number of aromatic nitrogens is 1. The van der Waals surface area contributed by atoms with Crippen LogP contribution in [-0.2, 0) is 9.59 Å². The lowest BCUT2D eigenvalue weighted by Gasteiger charge is -2.22. The molecule has 0 aliphatic heterocycles. The van der Waals surface area contributed by atoms with Gasteiger partial charge in [0.25, 0.3) is 5.91 Å². The third-order valence-corrected chi connectivity index (χ3v) is 5.11. The number of hydrogen-bond donors (Lipinski definition) is 3. The summed E-state index contributed by atoms with van der Waals surface area (Å²) >= 11 is 0. The first kappa shape index (κ1) is 20.9. The molecule has 8 nitrogen and oxygen atoms in total. The minimum atomic E-state index is -1.14. The third-order valence-electron chi connectivity index (χ3n) is 5.11. The number of carbonyl (C=O) groups excluding carboxylic acids is 2. The zero-order chi connectivity index (χ0) is 19.8. The summed E-state index contributed by atoms with van der Waals surface area (Å²) in [7, 11) is 0. The minimum absolute atomic E-state index is 0.0491. The number of carboxylic acids is 1. The summed E-state index contributed by atoms with van der Waals surface area (Å²) in [5.41, 5.74) is 5.43. The van der Waals surface area contributed by atoms with Crippen LogP contribution in [0.1, 0.15) is 85.8 Å². The summed E-state index contributed by atoms with van der Waals surface area (Å²) in [4.78, 5) is 38.3. The molecule has 8 heteroatoms. The van der Waals surface area contributed by atoms with Crippen molar-refractivity contribution >= 4 is 17.8 Å². The summed E-state index contributed by atoms with van der Waals surface area (Å²) in [6.45, 7) is 1.10. The van der Waals surface area contributed by atoms with Gasteiger partial charge >= 0.3 is 5.97 Å². The number of rotatable bonds is 10. The Morgan fingerprint density at radius 3 is 2.63 bits per heavy atom. The van der Waals surface area contributed by atoms with Crippen molar-refractivity contribution < 1.29 is 23.9 Å². The average molecular weight is 379 g/mol. The SMILES string of the molecule is Cc1oc(C(CCCC2CCCCC2)CC(N)=O)nc1C(=O)NCC(=O)O. The van der Waals surface area contributed by atoms with Gasteiger partial charge in [0.15, 0.2) is 11.6 Å². The number of nitrogens with zero attached hydrogens (tertiary/aromatic N) is 1. The van der Waals surface area contributed by atoms with Crippen molar-refractivity contribution in [2.45, 2.75) is 70.6 Å². The number of hydrogen-bond acceptors (Lipinski definition) is 5. The van der Waals surface area contributed by atoms with Crippen LogP contribution in [-0.4, -0.2) is 34.4 Å². The van der Waals surface area contributed by atoms with Gasteiger partial charge in [0, 0.05) is 12.3 Å². The molecule has 1 aromatic rings. The maximum Gasteiger partial charge on any atom is 0.322 e. The van der Waals surface area contributed by atoms with Crippen LogP contribution in [0, 0.1) is 12.8 Å². The second kappa shape index (κ2) is 10.1. The lowest BCUT2D eigenvalue weighted by Crippen LogP contribution is -2.30. The monoisotopic (exact) mass is 379 g/mol. The molecule has 27 heavy (non-hydrogen) atoms. The van der Waals surface area contributed by atoms with Gasteiger partial charge in [-0.25, -0.2) is 4.98 Å². The van der Waals surface area contributed by atoms with E-state index in [4.69, 9.17) is 15.3 Å². The fraction of sp³-hybridized carbons (Fsp3) is 0.684. The molecule has 1 atom stereocenters. The Morgan fingerprint density at radius 2 is 2.00 bits per heavy atom. The maximum atomic E-state index is 12.1. The number of nitrogens with one attached hydrogen (secondary N) is 1. The largest absolute Gasteiger partial charge is 0.480 e. The Balaban J connectivity index is 2.00. The number of aryl methyl sites for hydroxylation is 1. The molecular formula is C19H29N3O5. The standard InChI is InChI=1S/C19H29N3O5/c1-12-17(18(26)21-11-16(24)25)22-19(27-12)14(10-15(20)23)9-5-8-13-6-3-2-4-7-13/h13-14H,2-11H2,1H3,(H2,20,23)(H,21,26)(H,24,25). The van der Waals surface area contributed by atoms with E-state index in [1.807, 2.05) is 0 Å². The Morgan fingerprint density at radius 1 is 1.30 bits per heavy atom. The molecule has 0 spiro atoms. The number of carboxylic acid groups (broad SMARTS) is 1. The number of primary amides is 1. The van der Waals surface area contributed by atoms with Crippen LogP contribution in [0.5, 0.6) is 0 Å². The van der Waals surface area contributed by atoms with Gasteiger partial charge in [-0.1, -0.05) is 44.9 Å². The second-order valence-electron chi connectivity index (χ2n) is 7.34. The predicted molar refractivity (Wildman–Crippen MR) is 98.2 cm³/mol. The highest BCUT2D eigenvalue weighted by molar-refractivity contribution is 5.94. The molecular weight excluding hydrogens is 350 g/mol. The second-order valence-corrected chi connectivity index (χ2v) is 7.34. The number of amides is 2. The molecule has 1 aliphatic rings. The quantitative estimate of drug-likeness (QED) is 0.571. The van der Waals surface area contributed by atoms with Crippen LogP contribution in [0.4, 0.5) is 0 Å². The van der Waals surface area contributed by atoms with E-state index in [2.05, 4.69) is 10.3 Å². The van der Waals surface area contributed by atoms with Gasteiger partial charge in [0.2, 0.25) is 5.91 Å². The topological polar surface area (TPSA) is 136 Å². The third kappa shape index (κ3) is 6.69. The maximum absolute atomic E-state index is 12.1. The highest BCUT2D eigenvalue weighted by Gasteiger charge is 2.25. The molecule has 2 amide bonds. The van der Waals surface area contributed by atoms with E-state index in [0.717, 1.165) is 25.2 Å². The fourth-order valence-electron chi connectivity index (χ4n) is 3.73. The van der Waals surface area contributed by atoms with Gasteiger partial charge in [-0.15, -0.1) is 0 Å². The molecule has 1 heterocycles. The van der Waals surface area contributed by atoms with Crippen molar-refractivity contribution in [2.75, 3.05) is 6.54 Å². The van der Waals surface area contributed by atoms with Crippen LogP contribution < -0.4 is 11.1 Å². The average Bonchev–Trinajstić information content (AvgIpc) is 3.01. The van der Waals surface area contributed by atoms with Crippen LogP contribution in [0.2, 0.25) is 0 Å². The Hall–Kier alpha value is -2.38. The number of oxazole rings is 1. The molecule has 0 bridgehead atoms. The molecule has 0 saturated heterocycles. The summed E-state index contributed by atoms with van der Waals surface area (Å²) < 4.78 is 5.62. The lowest BCUT2D eigenvalue weighted by molar-refractivity contribution is -0.135. The predicted octanol–water partition coefficient (Wildman–Crippen LogP) is 2.51. The highest BCUT2D eigenvalue weighted by atomic mass is 16.4. The van der Waals surface area contributed by atoms with Crippen LogP contribution in [0.15, 0.2) is 4.42 Å². The van der Waals surface area contributed by atoms with Crippen molar-refractivity contribution in [3.63, 3.8) is 0 Å². The Labute approximate surface area is 158 Å². The van der Waals surface area contributed by atoms with Crippen molar-refractivity contribution in [3.05, 3.63) is 17.3 Å². The zero-order valence-electron chi connectivity index (χ0n) is 15.8. The molecule has 1 saturated carbocycles. The van der Waals surface area contributed by atoms with E-state index >= 15 is 0 Å². The summed E-state index contributed by atoms with van der Waals surface area (Å²) in [6, 6.07) is 0. The van der Waals surface area contributed by atoms with E-state index in [-0.39, 0.29) is 18.0 Å². The summed E-state index contributed by atoms with van der Waals surface area (Å²) in [5, 5.41) is 10.9. The molecule has 1 fully saturated rings. The van der Waals surface area contributed by atoms with E-state index in [9.17, 15) is 14.4 Å². The fourth-order valence-corrected chi connectivity index (χ4v) is 3.73. The first-order valence-electron chi connectivity index (χ1n) is 9.62. The highest BCUT2D eigenvalue weighted by Crippen LogP contribution is 2.31. The first-order chi connectivity index (χ1) is 12.9. The van der Waals surface area contributed by atoms with Crippen molar-refractivity contribution in [3.8, 4) is 0 Å². The summed E-state index contributed by atoms with van der Waals surface area (Å²) in [5.74, 6) is -1.10. The van der Waals surface area contributed by atoms with Gasteiger partial charge < -0.3 is 20.6 Å². The molecule has 150 valence electrons. The first-order valence-corrected chi connectivity index (χ1v) is 9.62. The molecule has 4 N–H and O–H groups in total. The van der Waals surface area contributed by atoms with Gasteiger partial charge in [-0.3, -0.25) is 14.4 Å². The van der Waals surface area contributed by atoms with E-state index in [1.54, 1.807) is 6.92 Å². The van der Waals surface area contributed by atoms with E-state index in [1.165, 1.54) is 32.1 Å². The van der Waals surface area contributed by atoms with Gasteiger partial charge in [-0.05, 0) is 19.3 Å². The Kier molecular flexibility index (Phi) is 7.82. The lowest BCUT2D eigenvalue weighted by atomic mass is 9.84. The molecule has 0 aromatic carbocycles. The van der Waals surface area contributed by atoms with Gasteiger partial charge in [-0.2, -0.15) is 0 Å². The van der Waals surface area contributed by atoms with Crippen LogP contribution in [0.25, 0.3) is 0 Å². The molecule has 2 rings (SSSR count). The van der Waals surface area contributed by atoms with E-state index < -0.39 is 24.3 Å². The summed E-state index contributed by atoms with van der Waals surface area (Å²) in [6.07, 6.45) is 9.34. The molecule has 1 aromatic heterocycles. The van der Waals surface area contributed by atoms with Gasteiger partial charge in [0.05, 0.1) is 0 Å². The van der Waals surface area contributed by atoms with E-state index in [0.29, 0.717) is 11.7 Å².